The first-order valence-electron chi connectivity index (χ1n) is 7.16. The number of ether oxygens (including phenoxy) is 1. The van der Waals surface area contributed by atoms with Crippen LogP contribution in [0.3, 0.4) is 0 Å². The van der Waals surface area contributed by atoms with E-state index in [9.17, 15) is 0 Å². The predicted molar refractivity (Wildman–Crippen MR) is 74.2 cm³/mol. The maximum Gasteiger partial charge on any atom is 0.113 e. The van der Waals surface area contributed by atoms with Crippen LogP contribution >= 0.6 is 11.3 Å². The molecule has 4 heteroatoms. The van der Waals surface area contributed by atoms with Gasteiger partial charge in [-0.25, -0.2) is 4.98 Å². The molecule has 2 heterocycles. The van der Waals surface area contributed by atoms with Crippen molar-refractivity contribution in [2.45, 2.75) is 51.0 Å². The number of fused-ring (bicyclic) bond motifs is 1. The number of hydrogen-bond donors (Lipinski definition) is 1. The van der Waals surface area contributed by atoms with Crippen molar-refractivity contribution in [3.8, 4) is 0 Å². The molecule has 0 spiro atoms. The van der Waals surface area contributed by atoms with Gasteiger partial charge in [0.25, 0.3) is 0 Å². The Bertz CT molecular complexity index is 386. The Morgan fingerprint density at radius 2 is 2.22 bits per heavy atom. The van der Waals surface area contributed by atoms with E-state index in [1.807, 2.05) is 11.3 Å². The fourth-order valence-electron chi connectivity index (χ4n) is 3.15. The summed E-state index contributed by atoms with van der Waals surface area (Å²) in [5.74, 6) is 0. The van der Waals surface area contributed by atoms with E-state index in [1.54, 1.807) is 0 Å². The fraction of sp³-hybridized carbons (Fsp3) is 0.786. The first-order valence-corrected chi connectivity index (χ1v) is 7.97. The normalized spacial score (nSPS) is 28.1. The Labute approximate surface area is 113 Å². The van der Waals surface area contributed by atoms with Gasteiger partial charge >= 0.3 is 0 Å². The molecule has 1 aliphatic heterocycles. The van der Waals surface area contributed by atoms with Crippen molar-refractivity contribution < 1.29 is 4.74 Å². The molecule has 1 aromatic heterocycles. The van der Waals surface area contributed by atoms with E-state index < -0.39 is 0 Å². The molecule has 0 aromatic carbocycles. The topological polar surface area (TPSA) is 34.2 Å². The predicted octanol–water partition coefficient (Wildman–Crippen LogP) is 2.64. The van der Waals surface area contributed by atoms with Crippen LogP contribution in [-0.2, 0) is 23.1 Å². The fourth-order valence-corrected chi connectivity index (χ4v) is 4.52. The van der Waals surface area contributed by atoms with Crippen molar-refractivity contribution >= 4 is 11.3 Å². The average molecular weight is 266 g/mol. The number of nitrogens with one attached hydrogen (secondary N) is 1. The minimum atomic E-state index is 0.0836. The summed E-state index contributed by atoms with van der Waals surface area (Å²) in [5, 5.41) is 5.03. The molecule has 3 nitrogen and oxygen atoms in total. The largest absolute Gasteiger partial charge is 0.381 e. The van der Waals surface area contributed by atoms with Crippen molar-refractivity contribution in [1.82, 2.24) is 10.3 Å². The lowest BCUT2D eigenvalue weighted by molar-refractivity contribution is 0.136. The van der Waals surface area contributed by atoms with E-state index in [0.717, 1.165) is 39.0 Å². The average Bonchev–Trinajstić information content (AvgIpc) is 2.87. The maximum absolute atomic E-state index is 5.63. The van der Waals surface area contributed by atoms with Crippen molar-refractivity contribution in [2.75, 3.05) is 19.8 Å². The van der Waals surface area contributed by atoms with E-state index in [1.165, 1.54) is 34.8 Å². The monoisotopic (exact) mass is 266 g/mol. The van der Waals surface area contributed by atoms with Gasteiger partial charge in [-0.2, -0.15) is 0 Å². The van der Waals surface area contributed by atoms with Gasteiger partial charge < -0.3 is 10.1 Å². The minimum absolute atomic E-state index is 0.0836. The van der Waals surface area contributed by atoms with Crippen LogP contribution in [0.5, 0.6) is 0 Å². The molecule has 1 aliphatic carbocycles. The van der Waals surface area contributed by atoms with Crippen molar-refractivity contribution in [1.29, 1.82) is 0 Å². The second kappa shape index (κ2) is 5.27. The number of aromatic nitrogens is 1. The number of hydrogen-bond acceptors (Lipinski definition) is 4. The number of nitrogens with zero attached hydrogens (tertiary/aromatic N) is 1. The Kier molecular flexibility index (Phi) is 3.68. The Balaban J connectivity index is 1.91. The Morgan fingerprint density at radius 1 is 1.28 bits per heavy atom. The molecule has 1 unspecified atom stereocenters. The summed E-state index contributed by atoms with van der Waals surface area (Å²) in [7, 11) is 0. The molecule has 0 bridgehead atoms. The van der Waals surface area contributed by atoms with Gasteiger partial charge in [0.05, 0.1) is 11.2 Å². The van der Waals surface area contributed by atoms with Crippen LogP contribution in [0.25, 0.3) is 0 Å². The third kappa shape index (κ3) is 2.22. The lowest BCUT2D eigenvalue weighted by Crippen LogP contribution is -2.42. The molecule has 1 N–H and O–H groups in total. The molecule has 1 atom stereocenters. The molecule has 2 aliphatic rings. The summed E-state index contributed by atoms with van der Waals surface area (Å²) in [6.07, 6.45) is 7.08. The first kappa shape index (κ1) is 12.6. The van der Waals surface area contributed by atoms with Crippen LogP contribution in [0, 0.1) is 0 Å². The van der Waals surface area contributed by atoms with E-state index in [-0.39, 0.29) is 5.54 Å². The highest BCUT2D eigenvalue weighted by Crippen LogP contribution is 2.38. The molecular formula is C14H22N2OS. The summed E-state index contributed by atoms with van der Waals surface area (Å²) in [5.41, 5.74) is 1.46. The van der Waals surface area contributed by atoms with Gasteiger partial charge in [0.2, 0.25) is 0 Å². The second-order valence-corrected chi connectivity index (χ2v) is 6.40. The third-order valence-electron chi connectivity index (χ3n) is 4.09. The molecule has 1 saturated heterocycles. The molecule has 1 fully saturated rings. The van der Waals surface area contributed by atoms with Crippen LogP contribution in [0.2, 0.25) is 0 Å². The summed E-state index contributed by atoms with van der Waals surface area (Å²) >= 11 is 1.95. The SMILES string of the molecule is CCNC1(c2nc3c(s2)CCC3)CCCOCC1. The van der Waals surface area contributed by atoms with Crippen molar-refractivity contribution in [3.63, 3.8) is 0 Å². The van der Waals surface area contributed by atoms with Crippen molar-refractivity contribution in [3.05, 3.63) is 15.6 Å². The molecule has 0 amide bonds. The summed E-state index contributed by atoms with van der Waals surface area (Å²) in [4.78, 5) is 6.48. The standard InChI is InChI=1S/C14H22N2OS/c1-2-15-14(7-4-9-17-10-8-14)13-16-11-5-3-6-12(11)18-13/h15H,2-10H2,1H3. The Hall–Kier alpha value is -0.450. The number of aryl methyl sites for hydroxylation is 2. The van der Waals surface area contributed by atoms with E-state index in [0.29, 0.717) is 0 Å². The van der Waals surface area contributed by atoms with Gasteiger partial charge in [0, 0.05) is 18.1 Å². The number of rotatable bonds is 3. The zero-order valence-electron chi connectivity index (χ0n) is 11.1. The van der Waals surface area contributed by atoms with E-state index >= 15 is 0 Å². The van der Waals surface area contributed by atoms with Crippen LogP contribution in [0.15, 0.2) is 0 Å². The highest BCUT2D eigenvalue weighted by molar-refractivity contribution is 7.12. The van der Waals surface area contributed by atoms with Gasteiger partial charge in [-0.1, -0.05) is 6.92 Å². The first-order chi connectivity index (χ1) is 8.84. The second-order valence-electron chi connectivity index (χ2n) is 5.32. The van der Waals surface area contributed by atoms with Gasteiger partial charge in [0.15, 0.2) is 0 Å². The summed E-state index contributed by atoms with van der Waals surface area (Å²) in [6, 6.07) is 0. The van der Waals surface area contributed by atoms with Gasteiger partial charge in [-0.15, -0.1) is 11.3 Å². The highest BCUT2D eigenvalue weighted by atomic mass is 32.1. The van der Waals surface area contributed by atoms with Gasteiger partial charge in [-0.3, -0.25) is 0 Å². The van der Waals surface area contributed by atoms with Crippen LogP contribution in [-0.4, -0.2) is 24.7 Å². The number of thiazole rings is 1. The van der Waals surface area contributed by atoms with Crippen LogP contribution < -0.4 is 5.32 Å². The third-order valence-corrected chi connectivity index (χ3v) is 5.45. The zero-order valence-corrected chi connectivity index (χ0v) is 11.9. The van der Waals surface area contributed by atoms with E-state index in [4.69, 9.17) is 9.72 Å². The molecule has 0 saturated carbocycles. The molecule has 18 heavy (non-hydrogen) atoms. The van der Waals surface area contributed by atoms with Crippen molar-refractivity contribution in [2.24, 2.45) is 0 Å². The lowest BCUT2D eigenvalue weighted by Gasteiger charge is -2.31. The molecule has 1 aromatic rings. The quantitative estimate of drug-likeness (QED) is 0.913. The minimum Gasteiger partial charge on any atom is -0.381 e. The van der Waals surface area contributed by atoms with Gasteiger partial charge in [-0.05, 0) is 45.1 Å². The Morgan fingerprint density at radius 3 is 3.06 bits per heavy atom. The molecule has 100 valence electrons. The van der Waals surface area contributed by atoms with E-state index in [2.05, 4.69) is 12.2 Å². The smallest absolute Gasteiger partial charge is 0.113 e. The summed E-state index contributed by atoms with van der Waals surface area (Å²) in [6.45, 7) is 4.95. The zero-order chi connectivity index (χ0) is 12.4. The van der Waals surface area contributed by atoms with Gasteiger partial charge in [0.1, 0.15) is 5.01 Å². The molecule has 0 radical (unpaired) electrons. The van der Waals surface area contributed by atoms with Crippen LogP contribution in [0.4, 0.5) is 0 Å². The highest BCUT2D eigenvalue weighted by Gasteiger charge is 2.36. The lowest BCUT2D eigenvalue weighted by atomic mass is 9.91. The maximum atomic E-state index is 5.63. The molecular weight excluding hydrogens is 244 g/mol. The van der Waals surface area contributed by atoms with Crippen LogP contribution in [0.1, 0.15) is 48.2 Å². The summed E-state index contributed by atoms with van der Waals surface area (Å²) < 4.78 is 5.63. The molecule has 3 rings (SSSR count).